The first-order chi connectivity index (χ1) is 5.11. The zero-order chi connectivity index (χ0) is 8.43. The second kappa shape index (κ2) is 2.88. The van der Waals surface area contributed by atoms with E-state index in [2.05, 4.69) is 0 Å². The van der Waals surface area contributed by atoms with Gasteiger partial charge >= 0.3 is 0 Å². The fraction of sp³-hybridized carbons (Fsp3) is 0.250. The zero-order valence-electron chi connectivity index (χ0n) is 6.34. The molecular formula is C8H11FN2. The van der Waals surface area contributed by atoms with Gasteiger partial charge in [-0.15, -0.1) is 0 Å². The van der Waals surface area contributed by atoms with Gasteiger partial charge < -0.3 is 11.5 Å². The molecule has 0 amide bonds. The third kappa shape index (κ3) is 1.68. The quantitative estimate of drug-likeness (QED) is 0.601. The molecule has 0 bridgehead atoms. The van der Waals surface area contributed by atoms with Crippen LogP contribution in [0.25, 0.3) is 0 Å². The standard InChI is InChI=1S/C8H11FN2/c1-5(10)6-2-3-8(11)7(9)4-6/h2-5H,10-11H2,1H3/t5-/m0/s1. The molecule has 1 rings (SSSR count). The third-order valence-corrected chi connectivity index (χ3v) is 1.55. The van der Waals surface area contributed by atoms with Crippen LogP contribution in [0.15, 0.2) is 18.2 Å². The van der Waals surface area contributed by atoms with Gasteiger partial charge in [-0.25, -0.2) is 4.39 Å². The molecule has 1 atom stereocenters. The van der Waals surface area contributed by atoms with Crippen molar-refractivity contribution in [2.45, 2.75) is 13.0 Å². The lowest BCUT2D eigenvalue weighted by Crippen LogP contribution is -2.05. The van der Waals surface area contributed by atoms with Crippen LogP contribution in [0.2, 0.25) is 0 Å². The molecule has 0 fully saturated rings. The molecule has 2 nitrogen and oxygen atoms in total. The largest absolute Gasteiger partial charge is 0.396 e. The molecular weight excluding hydrogens is 143 g/mol. The average Bonchev–Trinajstić information content (AvgIpc) is 1.94. The fourth-order valence-electron chi connectivity index (χ4n) is 0.827. The summed E-state index contributed by atoms with van der Waals surface area (Å²) in [5.41, 5.74) is 11.7. The maximum absolute atomic E-state index is 12.8. The van der Waals surface area contributed by atoms with E-state index in [4.69, 9.17) is 11.5 Å². The molecule has 0 spiro atoms. The van der Waals surface area contributed by atoms with E-state index in [-0.39, 0.29) is 11.7 Å². The maximum Gasteiger partial charge on any atom is 0.146 e. The van der Waals surface area contributed by atoms with Gasteiger partial charge in [0.25, 0.3) is 0 Å². The van der Waals surface area contributed by atoms with Crippen LogP contribution >= 0.6 is 0 Å². The predicted octanol–water partition coefficient (Wildman–Crippen LogP) is 1.43. The number of halogens is 1. The summed E-state index contributed by atoms with van der Waals surface area (Å²) in [5, 5.41) is 0. The lowest BCUT2D eigenvalue weighted by atomic mass is 10.1. The lowest BCUT2D eigenvalue weighted by molar-refractivity contribution is 0.627. The van der Waals surface area contributed by atoms with Crippen molar-refractivity contribution in [3.8, 4) is 0 Å². The van der Waals surface area contributed by atoms with Crippen molar-refractivity contribution >= 4 is 5.69 Å². The highest BCUT2D eigenvalue weighted by molar-refractivity contribution is 5.41. The van der Waals surface area contributed by atoms with Gasteiger partial charge in [0.05, 0.1) is 5.69 Å². The minimum absolute atomic E-state index is 0.148. The topological polar surface area (TPSA) is 52.0 Å². The highest BCUT2D eigenvalue weighted by Gasteiger charge is 2.02. The van der Waals surface area contributed by atoms with Gasteiger partial charge in [-0.05, 0) is 24.6 Å². The molecule has 1 aromatic carbocycles. The fourth-order valence-corrected chi connectivity index (χ4v) is 0.827. The molecule has 0 unspecified atom stereocenters. The molecule has 3 heteroatoms. The summed E-state index contributed by atoms with van der Waals surface area (Å²) in [7, 11) is 0. The van der Waals surface area contributed by atoms with Crippen LogP contribution in [0, 0.1) is 5.82 Å². The Labute approximate surface area is 65.0 Å². The van der Waals surface area contributed by atoms with E-state index in [9.17, 15) is 4.39 Å². The van der Waals surface area contributed by atoms with Gasteiger partial charge in [0.2, 0.25) is 0 Å². The van der Waals surface area contributed by atoms with E-state index in [1.807, 2.05) is 0 Å². The van der Waals surface area contributed by atoms with E-state index < -0.39 is 5.82 Å². The Balaban J connectivity index is 3.05. The number of nitrogen functional groups attached to an aromatic ring is 1. The van der Waals surface area contributed by atoms with Crippen LogP contribution < -0.4 is 11.5 Å². The molecule has 0 aliphatic rings. The SMILES string of the molecule is C[C@H](N)c1ccc(N)c(F)c1. The second-order valence-electron chi connectivity index (χ2n) is 2.57. The number of hydrogen-bond donors (Lipinski definition) is 2. The molecule has 0 aliphatic heterocycles. The van der Waals surface area contributed by atoms with Crippen molar-refractivity contribution in [1.29, 1.82) is 0 Å². The Morgan fingerprint density at radius 2 is 2.09 bits per heavy atom. The Kier molecular flexibility index (Phi) is 2.10. The summed E-state index contributed by atoms with van der Waals surface area (Å²) in [6.45, 7) is 1.80. The second-order valence-corrected chi connectivity index (χ2v) is 2.57. The molecule has 0 saturated carbocycles. The molecule has 0 aromatic heterocycles. The van der Waals surface area contributed by atoms with E-state index in [1.165, 1.54) is 12.1 Å². The van der Waals surface area contributed by atoms with E-state index >= 15 is 0 Å². The number of anilines is 1. The molecule has 11 heavy (non-hydrogen) atoms. The monoisotopic (exact) mass is 154 g/mol. The van der Waals surface area contributed by atoms with Gasteiger partial charge in [-0.3, -0.25) is 0 Å². The highest BCUT2D eigenvalue weighted by atomic mass is 19.1. The molecule has 60 valence electrons. The normalized spacial score (nSPS) is 13.0. The van der Waals surface area contributed by atoms with Crippen molar-refractivity contribution in [1.82, 2.24) is 0 Å². The predicted molar refractivity (Wildman–Crippen MR) is 43.4 cm³/mol. The van der Waals surface area contributed by atoms with Gasteiger partial charge in [0.1, 0.15) is 5.82 Å². The summed E-state index contributed by atoms with van der Waals surface area (Å²) in [6, 6.07) is 4.46. The first kappa shape index (κ1) is 8.01. The maximum atomic E-state index is 12.8. The zero-order valence-corrected chi connectivity index (χ0v) is 6.34. The molecule has 0 radical (unpaired) electrons. The van der Waals surface area contributed by atoms with Crippen molar-refractivity contribution in [2.24, 2.45) is 5.73 Å². The van der Waals surface area contributed by atoms with Crippen LogP contribution in [0.4, 0.5) is 10.1 Å². The number of hydrogen-bond acceptors (Lipinski definition) is 2. The van der Waals surface area contributed by atoms with Crippen molar-refractivity contribution in [3.05, 3.63) is 29.6 Å². The Bertz CT molecular complexity index is 258. The number of rotatable bonds is 1. The minimum Gasteiger partial charge on any atom is -0.396 e. The smallest absolute Gasteiger partial charge is 0.146 e. The van der Waals surface area contributed by atoms with Crippen molar-refractivity contribution in [2.75, 3.05) is 5.73 Å². The first-order valence-electron chi connectivity index (χ1n) is 3.42. The van der Waals surface area contributed by atoms with Gasteiger partial charge in [0.15, 0.2) is 0 Å². The van der Waals surface area contributed by atoms with Crippen LogP contribution in [0.1, 0.15) is 18.5 Å². The van der Waals surface area contributed by atoms with Crippen LogP contribution in [-0.2, 0) is 0 Å². The van der Waals surface area contributed by atoms with Crippen molar-refractivity contribution < 1.29 is 4.39 Å². The first-order valence-corrected chi connectivity index (χ1v) is 3.42. The lowest BCUT2D eigenvalue weighted by Gasteiger charge is -2.05. The summed E-state index contributed by atoms with van der Waals surface area (Å²) in [5.74, 6) is -0.403. The van der Waals surface area contributed by atoms with E-state index in [0.717, 1.165) is 5.56 Å². The summed E-state index contributed by atoms with van der Waals surface area (Å²) < 4.78 is 12.8. The summed E-state index contributed by atoms with van der Waals surface area (Å²) >= 11 is 0. The van der Waals surface area contributed by atoms with Gasteiger partial charge in [-0.1, -0.05) is 6.07 Å². The molecule has 4 N–H and O–H groups in total. The minimum atomic E-state index is -0.403. The third-order valence-electron chi connectivity index (χ3n) is 1.55. The van der Waals surface area contributed by atoms with E-state index in [0.29, 0.717) is 0 Å². The average molecular weight is 154 g/mol. The van der Waals surface area contributed by atoms with Crippen LogP contribution in [0.3, 0.4) is 0 Å². The number of benzene rings is 1. The summed E-state index contributed by atoms with van der Waals surface area (Å²) in [4.78, 5) is 0. The molecule has 1 aromatic rings. The Hall–Kier alpha value is -1.09. The number of nitrogens with two attached hydrogens (primary N) is 2. The molecule has 0 saturated heterocycles. The van der Waals surface area contributed by atoms with Gasteiger partial charge in [-0.2, -0.15) is 0 Å². The van der Waals surface area contributed by atoms with E-state index in [1.54, 1.807) is 13.0 Å². The van der Waals surface area contributed by atoms with Crippen LogP contribution in [0.5, 0.6) is 0 Å². The molecule has 0 aliphatic carbocycles. The molecule has 0 heterocycles. The Morgan fingerprint density at radius 3 is 2.55 bits per heavy atom. The van der Waals surface area contributed by atoms with Crippen LogP contribution in [-0.4, -0.2) is 0 Å². The van der Waals surface area contributed by atoms with Gasteiger partial charge in [0, 0.05) is 6.04 Å². The van der Waals surface area contributed by atoms with Crippen molar-refractivity contribution in [3.63, 3.8) is 0 Å². The summed E-state index contributed by atoms with van der Waals surface area (Å²) in [6.07, 6.45) is 0. The highest BCUT2D eigenvalue weighted by Crippen LogP contribution is 2.15. The Morgan fingerprint density at radius 1 is 1.45 bits per heavy atom.